The first-order chi connectivity index (χ1) is 16.3. The second kappa shape index (κ2) is 9.49. The minimum Gasteiger partial charge on any atom is -0.383 e. The third-order valence-electron chi connectivity index (χ3n) is 5.18. The van der Waals surface area contributed by atoms with Crippen LogP contribution in [0.15, 0.2) is 79.9 Å². The Kier molecular flexibility index (Phi) is 5.94. The third-order valence-corrected chi connectivity index (χ3v) is 5.18. The molecule has 0 amide bonds. The molecule has 9 nitrogen and oxygen atoms in total. The number of pyridine rings is 1. The van der Waals surface area contributed by atoms with E-state index >= 15 is 0 Å². The second-order valence-corrected chi connectivity index (χ2v) is 7.43. The van der Waals surface area contributed by atoms with Crippen LogP contribution in [0.25, 0.3) is 28.2 Å². The lowest BCUT2D eigenvalue weighted by atomic mass is 10.1. The monoisotopic (exact) mass is 438 g/mol. The number of hydrogen-bond donors (Lipinski definition) is 0. The van der Waals surface area contributed by atoms with E-state index < -0.39 is 0 Å². The predicted octanol–water partition coefficient (Wildman–Crippen LogP) is 3.22. The van der Waals surface area contributed by atoms with Crippen molar-refractivity contribution in [2.45, 2.75) is 13.0 Å². The fourth-order valence-electron chi connectivity index (χ4n) is 3.55. The van der Waals surface area contributed by atoms with Crippen LogP contribution in [0.1, 0.15) is 11.4 Å². The van der Waals surface area contributed by atoms with Crippen molar-refractivity contribution >= 4 is 0 Å². The van der Waals surface area contributed by atoms with E-state index in [0.717, 1.165) is 39.6 Å². The Bertz CT molecular complexity index is 1310. The number of rotatable bonds is 8. The van der Waals surface area contributed by atoms with Crippen molar-refractivity contribution in [3.05, 3.63) is 91.3 Å². The zero-order valence-electron chi connectivity index (χ0n) is 18.1. The Hall–Kier alpha value is -4.24. The van der Waals surface area contributed by atoms with Crippen molar-refractivity contribution < 1.29 is 4.74 Å². The predicted molar refractivity (Wildman–Crippen MR) is 123 cm³/mol. The molecule has 9 heteroatoms. The van der Waals surface area contributed by atoms with Gasteiger partial charge in [0.25, 0.3) is 0 Å². The van der Waals surface area contributed by atoms with Crippen LogP contribution in [-0.2, 0) is 17.7 Å². The van der Waals surface area contributed by atoms with Gasteiger partial charge in [0, 0.05) is 49.4 Å². The van der Waals surface area contributed by atoms with Crippen molar-refractivity contribution in [1.29, 1.82) is 0 Å². The Morgan fingerprint density at radius 3 is 2.67 bits per heavy atom. The van der Waals surface area contributed by atoms with Gasteiger partial charge in [-0.05, 0) is 35.9 Å². The first-order valence-electron chi connectivity index (χ1n) is 10.5. The minimum absolute atomic E-state index is 0.577. The molecular formula is C24H22N8O. The van der Waals surface area contributed by atoms with Crippen molar-refractivity contribution in [2.75, 3.05) is 13.7 Å². The molecule has 5 aromatic rings. The normalized spacial score (nSPS) is 11.1. The average Bonchev–Trinajstić information content (AvgIpc) is 3.55. The maximum Gasteiger partial charge on any atom is 0.138 e. The van der Waals surface area contributed by atoms with Crippen LogP contribution in [-0.4, -0.2) is 53.2 Å². The molecule has 0 radical (unpaired) electrons. The Morgan fingerprint density at radius 1 is 1.00 bits per heavy atom. The second-order valence-electron chi connectivity index (χ2n) is 7.43. The van der Waals surface area contributed by atoms with Gasteiger partial charge in [0.1, 0.15) is 24.2 Å². The molecule has 0 fully saturated rings. The van der Waals surface area contributed by atoms with Crippen molar-refractivity contribution in [3.8, 4) is 28.2 Å². The zero-order valence-corrected chi connectivity index (χ0v) is 18.1. The molecule has 0 unspecified atom stereocenters. The molecule has 0 saturated heterocycles. The Balaban J connectivity index is 1.43. The standard InChI is InChI=1S/C24H22N8O/c1-33-12-11-31-15-21(24(30-31)19-3-2-9-25-14-19)22-8-10-27-23(29-22)13-18-4-6-20(7-5-18)32-17-26-16-28-32/h2-10,14-17H,11-13H2,1H3. The lowest BCUT2D eigenvalue weighted by Gasteiger charge is -2.06. The number of nitrogens with zero attached hydrogens (tertiary/aromatic N) is 8. The van der Waals surface area contributed by atoms with Crippen molar-refractivity contribution in [1.82, 2.24) is 39.5 Å². The van der Waals surface area contributed by atoms with Crippen LogP contribution in [0.2, 0.25) is 0 Å². The molecule has 0 aliphatic carbocycles. The van der Waals surface area contributed by atoms with E-state index in [1.165, 1.54) is 6.33 Å². The smallest absolute Gasteiger partial charge is 0.138 e. The fourth-order valence-corrected chi connectivity index (χ4v) is 3.55. The summed E-state index contributed by atoms with van der Waals surface area (Å²) in [5, 5.41) is 8.92. The van der Waals surface area contributed by atoms with Gasteiger partial charge in [-0.1, -0.05) is 12.1 Å². The van der Waals surface area contributed by atoms with Crippen LogP contribution in [0, 0.1) is 0 Å². The van der Waals surface area contributed by atoms with E-state index in [0.29, 0.717) is 19.6 Å². The summed E-state index contributed by atoms with van der Waals surface area (Å²) in [4.78, 5) is 17.6. The highest BCUT2D eigenvalue weighted by Crippen LogP contribution is 2.29. The quantitative estimate of drug-likeness (QED) is 0.367. The summed E-state index contributed by atoms with van der Waals surface area (Å²) in [5.41, 5.74) is 5.59. The molecule has 4 heterocycles. The molecule has 1 aromatic carbocycles. The van der Waals surface area contributed by atoms with Crippen LogP contribution in [0.3, 0.4) is 0 Å². The first-order valence-corrected chi connectivity index (χ1v) is 10.5. The number of ether oxygens (including phenoxy) is 1. The van der Waals surface area contributed by atoms with Crippen LogP contribution < -0.4 is 0 Å². The Morgan fingerprint density at radius 2 is 1.91 bits per heavy atom. The third kappa shape index (κ3) is 4.68. The SMILES string of the molecule is COCCn1cc(-c2ccnc(Cc3ccc(-n4cncn4)cc3)n2)c(-c2cccnc2)n1. The average molecular weight is 438 g/mol. The summed E-state index contributed by atoms with van der Waals surface area (Å²) in [5.74, 6) is 0.739. The molecule has 0 spiro atoms. The molecule has 4 aromatic heterocycles. The van der Waals surface area contributed by atoms with Crippen LogP contribution in [0.4, 0.5) is 0 Å². The highest BCUT2D eigenvalue weighted by atomic mass is 16.5. The van der Waals surface area contributed by atoms with Gasteiger partial charge in [-0.3, -0.25) is 9.67 Å². The van der Waals surface area contributed by atoms with E-state index in [1.807, 2.05) is 47.4 Å². The summed E-state index contributed by atoms with van der Waals surface area (Å²) >= 11 is 0. The van der Waals surface area contributed by atoms with Gasteiger partial charge in [0.05, 0.1) is 24.5 Å². The summed E-state index contributed by atoms with van der Waals surface area (Å²) in [7, 11) is 1.68. The van der Waals surface area contributed by atoms with Crippen LogP contribution in [0.5, 0.6) is 0 Å². The summed E-state index contributed by atoms with van der Waals surface area (Å²) in [6.07, 6.45) is 11.2. The molecule has 33 heavy (non-hydrogen) atoms. The maximum absolute atomic E-state index is 5.22. The minimum atomic E-state index is 0.577. The molecular weight excluding hydrogens is 416 g/mol. The molecule has 0 saturated carbocycles. The lowest BCUT2D eigenvalue weighted by Crippen LogP contribution is -2.04. The summed E-state index contributed by atoms with van der Waals surface area (Å²) in [6.45, 7) is 1.23. The van der Waals surface area contributed by atoms with E-state index in [4.69, 9.17) is 14.8 Å². The maximum atomic E-state index is 5.22. The van der Waals surface area contributed by atoms with Gasteiger partial charge in [-0.25, -0.2) is 19.6 Å². The van der Waals surface area contributed by atoms with Crippen LogP contribution >= 0.6 is 0 Å². The lowest BCUT2D eigenvalue weighted by molar-refractivity contribution is 0.183. The highest BCUT2D eigenvalue weighted by Gasteiger charge is 2.15. The number of benzene rings is 1. The van der Waals surface area contributed by atoms with Gasteiger partial charge in [0.15, 0.2) is 0 Å². The summed E-state index contributed by atoms with van der Waals surface area (Å²) < 4.78 is 8.82. The molecule has 0 aliphatic rings. The molecule has 0 atom stereocenters. The van der Waals surface area contributed by atoms with Crippen molar-refractivity contribution in [3.63, 3.8) is 0 Å². The van der Waals surface area contributed by atoms with Gasteiger partial charge in [0.2, 0.25) is 0 Å². The molecule has 164 valence electrons. The number of aromatic nitrogens is 8. The Labute approximate surface area is 190 Å². The van der Waals surface area contributed by atoms with E-state index in [2.05, 4.69) is 32.2 Å². The fraction of sp³-hybridized carbons (Fsp3) is 0.167. The van der Waals surface area contributed by atoms with Gasteiger partial charge in [-0.15, -0.1) is 0 Å². The van der Waals surface area contributed by atoms with Gasteiger partial charge >= 0.3 is 0 Å². The zero-order chi connectivity index (χ0) is 22.5. The first kappa shape index (κ1) is 20.7. The molecule has 0 bridgehead atoms. The van der Waals surface area contributed by atoms with E-state index in [-0.39, 0.29) is 0 Å². The van der Waals surface area contributed by atoms with E-state index in [9.17, 15) is 0 Å². The van der Waals surface area contributed by atoms with Crippen molar-refractivity contribution in [2.24, 2.45) is 0 Å². The largest absolute Gasteiger partial charge is 0.383 e. The van der Waals surface area contributed by atoms with E-state index in [1.54, 1.807) is 30.5 Å². The molecule has 0 N–H and O–H groups in total. The van der Waals surface area contributed by atoms with Gasteiger partial charge < -0.3 is 4.74 Å². The number of methoxy groups -OCH3 is 1. The summed E-state index contributed by atoms with van der Waals surface area (Å²) in [6, 6.07) is 13.9. The highest BCUT2D eigenvalue weighted by molar-refractivity contribution is 5.78. The molecule has 5 rings (SSSR count). The van der Waals surface area contributed by atoms with Gasteiger partial charge in [-0.2, -0.15) is 10.2 Å². The number of hydrogen-bond acceptors (Lipinski definition) is 7. The topological polar surface area (TPSA) is 96.4 Å². The molecule has 0 aliphatic heterocycles.